The summed E-state index contributed by atoms with van der Waals surface area (Å²) in [6.07, 6.45) is 0.990. The number of amides is 1. The van der Waals surface area contributed by atoms with Crippen molar-refractivity contribution in [2.24, 2.45) is 0 Å². The molecule has 2 N–H and O–H groups in total. The average molecular weight is 360 g/mol. The van der Waals surface area contributed by atoms with E-state index in [4.69, 9.17) is 9.15 Å². The number of benzene rings is 1. The van der Waals surface area contributed by atoms with Gasteiger partial charge in [-0.25, -0.2) is 4.39 Å². The lowest BCUT2D eigenvalue weighted by atomic mass is 9.91. The summed E-state index contributed by atoms with van der Waals surface area (Å²) in [7, 11) is 0. The van der Waals surface area contributed by atoms with Gasteiger partial charge in [-0.2, -0.15) is 0 Å². The van der Waals surface area contributed by atoms with Crippen LogP contribution < -0.4 is 10.6 Å². The summed E-state index contributed by atoms with van der Waals surface area (Å²) in [5.74, 6) is 0.439. The molecule has 138 valence electrons. The third-order valence-electron chi connectivity index (χ3n) is 4.32. The van der Waals surface area contributed by atoms with Crippen LogP contribution in [-0.2, 0) is 27.5 Å². The largest absolute Gasteiger partial charge is 0.461 e. The monoisotopic (exact) mass is 360 g/mol. The number of rotatable bonds is 6. The average Bonchev–Trinajstić information content (AvgIpc) is 3.07. The summed E-state index contributed by atoms with van der Waals surface area (Å²) in [6.45, 7) is 1.85. The fourth-order valence-corrected chi connectivity index (χ4v) is 3.04. The molecule has 1 aliphatic rings. The lowest BCUT2D eigenvalue weighted by molar-refractivity contribution is -0.142. The van der Waals surface area contributed by atoms with Gasteiger partial charge in [0.05, 0.1) is 12.6 Å². The van der Waals surface area contributed by atoms with Crippen molar-refractivity contribution in [1.29, 1.82) is 0 Å². The molecule has 7 heteroatoms. The standard InChI is InChI=1S/C19H21FN2O4/c1-12(23)25-11-14-7-6-13(26-14)10-21-17-8-9-18(24)22-19(17)15-4-2-3-5-16(15)20/h2-7,17,19,21H,8-11H2,1H3,(H,22,24)/t17-,19+/m1/s1. The highest BCUT2D eigenvalue weighted by atomic mass is 19.1. The maximum absolute atomic E-state index is 14.2. The summed E-state index contributed by atoms with van der Waals surface area (Å²) in [5.41, 5.74) is 0.466. The van der Waals surface area contributed by atoms with E-state index in [-0.39, 0.29) is 30.3 Å². The molecular formula is C19H21FN2O4. The van der Waals surface area contributed by atoms with E-state index in [2.05, 4.69) is 10.6 Å². The zero-order valence-electron chi connectivity index (χ0n) is 14.5. The Morgan fingerprint density at radius 1 is 1.31 bits per heavy atom. The molecule has 2 aromatic rings. The van der Waals surface area contributed by atoms with E-state index in [1.165, 1.54) is 13.0 Å². The summed E-state index contributed by atoms with van der Waals surface area (Å²) in [4.78, 5) is 22.6. The van der Waals surface area contributed by atoms with Crippen molar-refractivity contribution in [3.63, 3.8) is 0 Å². The smallest absolute Gasteiger partial charge is 0.303 e. The van der Waals surface area contributed by atoms with Crippen molar-refractivity contribution < 1.29 is 23.1 Å². The van der Waals surface area contributed by atoms with Crippen LogP contribution in [0.4, 0.5) is 4.39 Å². The second kappa shape index (κ2) is 8.14. The molecule has 1 amide bonds. The molecule has 0 aliphatic carbocycles. The third-order valence-corrected chi connectivity index (χ3v) is 4.32. The maximum Gasteiger partial charge on any atom is 0.303 e. The minimum Gasteiger partial charge on any atom is -0.461 e. The van der Waals surface area contributed by atoms with Crippen molar-refractivity contribution in [3.8, 4) is 0 Å². The Labute approximate surface area is 150 Å². The first-order chi connectivity index (χ1) is 12.5. The van der Waals surface area contributed by atoms with Gasteiger partial charge in [0, 0.05) is 24.9 Å². The lowest BCUT2D eigenvalue weighted by Crippen LogP contribution is -2.48. The van der Waals surface area contributed by atoms with E-state index < -0.39 is 6.04 Å². The molecule has 3 rings (SSSR count). The quantitative estimate of drug-likeness (QED) is 0.774. The van der Waals surface area contributed by atoms with E-state index in [9.17, 15) is 14.0 Å². The van der Waals surface area contributed by atoms with Gasteiger partial charge in [-0.1, -0.05) is 18.2 Å². The number of halogens is 1. The zero-order valence-corrected chi connectivity index (χ0v) is 14.5. The van der Waals surface area contributed by atoms with Crippen LogP contribution in [0.5, 0.6) is 0 Å². The van der Waals surface area contributed by atoms with E-state index >= 15 is 0 Å². The van der Waals surface area contributed by atoms with Gasteiger partial charge < -0.3 is 19.8 Å². The molecule has 6 nitrogen and oxygen atoms in total. The molecule has 1 aliphatic heterocycles. The summed E-state index contributed by atoms with van der Waals surface area (Å²) >= 11 is 0. The van der Waals surface area contributed by atoms with E-state index in [0.717, 1.165) is 0 Å². The number of furan rings is 1. The molecule has 0 radical (unpaired) electrons. The highest BCUT2D eigenvalue weighted by Crippen LogP contribution is 2.26. The van der Waals surface area contributed by atoms with Crippen LogP contribution in [0.3, 0.4) is 0 Å². The van der Waals surface area contributed by atoms with Crippen LogP contribution in [0, 0.1) is 5.82 Å². The van der Waals surface area contributed by atoms with Gasteiger partial charge in [-0.3, -0.25) is 9.59 Å². The second-order valence-electron chi connectivity index (χ2n) is 6.24. The Balaban J connectivity index is 1.65. The predicted molar refractivity (Wildman–Crippen MR) is 91.3 cm³/mol. The number of carbonyl (C=O) groups excluding carboxylic acids is 2. The molecular weight excluding hydrogens is 339 g/mol. The Hall–Kier alpha value is -2.67. The topological polar surface area (TPSA) is 80.6 Å². The molecule has 0 spiro atoms. The SMILES string of the molecule is CC(=O)OCc1ccc(CN[C@@H]2CCC(=O)N[C@H]2c2ccccc2F)o1. The van der Waals surface area contributed by atoms with Crippen LogP contribution in [-0.4, -0.2) is 17.9 Å². The van der Waals surface area contributed by atoms with Crippen LogP contribution in [0.1, 0.15) is 42.9 Å². The van der Waals surface area contributed by atoms with Gasteiger partial charge in [0.25, 0.3) is 0 Å². The lowest BCUT2D eigenvalue weighted by Gasteiger charge is -2.33. The minimum atomic E-state index is -0.437. The van der Waals surface area contributed by atoms with E-state index in [1.807, 2.05) is 0 Å². The van der Waals surface area contributed by atoms with Gasteiger partial charge in [0.1, 0.15) is 23.9 Å². The molecule has 2 heterocycles. The van der Waals surface area contributed by atoms with E-state index in [1.54, 1.807) is 30.3 Å². The molecule has 1 saturated heterocycles. The highest BCUT2D eigenvalue weighted by Gasteiger charge is 2.31. The van der Waals surface area contributed by atoms with Crippen LogP contribution in [0.2, 0.25) is 0 Å². The highest BCUT2D eigenvalue weighted by molar-refractivity contribution is 5.77. The van der Waals surface area contributed by atoms with Crippen molar-refractivity contribution in [2.75, 3.05) is 0 Å². The summed E-state index contributed by atoms with van der Waals surface area (Å²) in [5, 5.41) is 6.20. The van der Waals surface area contributed by atoms with Gasteiger partial charge in [0.15, 0.2) is 0 Å². The zero-order chi connectivity index (χ0) is 18.5. The fourth-order valence-electron chi connectivity index (χ4n) is 3.04. The number of ether oxygens (including phenoxy) is 1. The first kappa shape index (κ1) is 18.1. The Kier molecular flexibility index (Phi) is 5.68. The number of piperidine rings is 1. The molecule has 1 fully saturated rings. The van der Waals surface area contributed by atoms with Crippen molar-refractivity contribution >= 4 is 11.9 Å². The molecule has 0 unspecified atom stereocenters. The minimum absolute atomic E-state index is 0.0852. The second-order valence-corrected chi connectivity index (χ2v) is 6.24. The summed E-state index contributed by atoms with van der Waals surface area (Å²) in [6, 6.07) is 9.44. The van der Waals surface area contributed by atoms with Gasteiger partial charge >= 0.3 is 5.97 Å². The first-order valence-corrected chi connectivity index (χ1v) is 8.51. The molecule has 1 aromatic carbocycles. The number of carbonyl (C=O) groups is 2. The van der Waals surface area contributed by atoms with Crippen LogP contribution in [0.25, 0.3) is 0 Å². The molecule has 0 saturated carbocycles. The Morgan fingerprint density at radius 2 is 2.08 bits per heavy atom. The number of hydrogen-bond donors (Lipinski definition) is 2. The van der Waals surface area contributed by atoms with E-state index in [0.29, 0.717) is 36.5 Å². The fraction of sp³-hybridized carbons (Fsp3) is 0.368. The van der Waals surface area contributed by atoms with Crippen LogP contribution in [0.15, 0.2) is 40.8 Å². The van der Waals surface area contributed by atoms with Crippen molar-refractivity contribution in [2.45, 2.75) is 45.0 Å². The van der Waals surface area contributed by atoms with Gasteiger partial charge in [-0.05, 0) is 24.6 Å². The number of esters is 1. The summed E-state index contributed by atoms with van der Waals surface area (Å²) < 4.78 is 24.7. The molecule has 26 heavy (non-hydrogen) atoms. The number of hydrogen-bond acceptors (Lipinski definition) is 5. The van der Waals surface area contributed by atoms with Gasteiger partial charge in [0.2, 0.25) is 5.91 Å². The maximum atomic E-state index is 14.2. The third kappa shape index (κ3) is 4.49. The van der Waals surface area contributed by atoms with Gasteiger partial charge in [-0.15, -0.1) is 0 Å². The Morgan fingerprint density at radius 3 is 2.85 bits per heavy atom. The van der Waals surface area contributed by atoms with Crippen LogP contribution >= 0.6 is 0 Å². The molecule has 1 aromatic heterocycles. The molecule has 2 atom stereocenters. The predicted octanol–water partition coefficient (Wildman–Crippen LogP) is 2.59. The molecule has 0 bridgehead atoms. The van der Waals surface area contributed by atoms with Crippen molar-refractivity contribution in [1.82, 2.24) is 10.6 Å². The normalized spacial score (nSPS) is 19.8. The van der Waals surface area contributed by atoms with Crippen molar-refractivity contribution in [3.05, 3.63) is 59.3 Å². The Bertz CT molecular complexity index is 789. The first-order valence-electron chi connectivity index (χ1n) is 8.51. The number of nitrogens with one attached hydrogen (secondary N) is 2.